The summed E-state index contributed by atoms with van der Waals surface area (Å²) in [6, 6.07) is 15.2. The number of hydrogen-bond acceptors (Lipinski definition) is 4. The molecule has 2 N–H and O–H groups in total. The molecule has 0 atom stereocenters. The second kappa shape index (κ2) is 9.18. The Bertz CT molecular complexity index is 764. The minimum absolute atomic E-state index is 0.580. The Hall–Kier alpha value is -3.20. The number of aliphatic imine (C=N–C) groups is 1. The maximum atomic E-state index is 8.83. The number of nitrogens with one attached hydrogen (secondary N) is 2. The molecule has 2 aromatic rings. The van der Waals surface area contributed by atoms with E-state index in [0.717, 1.165) is 11.3 Å². The van der Waals surface area contributed by atoms with Gasteiger partial charge in [-0.05, 0) is 36.8 Å². The van der Waals surface area contributed by atoms with Gasteiger partial charge in [-0.1, -0.05) is 12.1 Å². The molecule has 0 amide bonds. The Morgan fingerprint density at radius 1 is 1.16 bits per heavy atom. The van der Waals surface area contributed by atoms with E-state index in [1.54, 1.807) is 26.3 Å². The van der Waals surface area contributed by atoms with Crippen molar-refractivity contribution in [1.82, 2.24) is 5.32 Å². The summed E-state index contributed by atoms with van der Waals surface area (Å²) in [5.41, 5.74) is 2.55. The van der Waals surface area contributed by atoms with Crippen molar-refractivity contribution in [3.05, 3.63) is 53.6 Å². The molecule has 0 aliphatic rings. The molecule has 0 spiro atoms. The Labute approximate surface area is 148 Å². The van der Waals surface area contributed by atoms with Gasteiger partial charge in [0, 0.05) is 25.3 Å². The van der Waals surface area contributed by atoms with Gasteiger partial charge in [0.1, 0.15) is 0 Å². The van der Waals surface area contributed by atoms with E-state index in [1.807, 2.05) is 37.3 Å². The maximum absolute atomic E-state index is 8.83. The maximum Gasteiger partial charge on any atom is 0.195 e. The Kier molecular flexibility index (Phi) is 6.66. The zero-order valence-electron chi connectivity index (χ0n) is 14.7. The van der Waals surface area contributed by atoms with Crippen LogP contribution in [0.3, 0.4) is 0 Å². The van der Waals surface area contributed by atoms with Gasteiger partial charge >= 0.3 is 0 Å². The van der Waals surface area contributed by atoms with Gasteiger partial charge in [0.05, 0.1) is 25.3 Å². The highest BCUT2D eigenvalue weighted by Crippen LogP contribution is 2.30. The number of hydrogen-bond donors (Lipinski definition) is 2. The molecular formula is C19H22N4O2. The van der Waals surface area contributed by atoms with E-state index in [-0.39, 0.29) is 0 Å². The van der Waals surface area contributed by atoms with Gasteiger partial charge < -0.3 is 20.1 Å². The number of rotatable bonds is 6. The van der Waals surface area contributed by atoms with Crippen molar-refractivity contribution in [2.45, 2.75) is 13.5 Å². The highest BCUT2D eigenvalue weighted by atomic mass is 16.5. The van der Waals surface area contributed by atoms with Gasteiger partial charge in [0.2, 0.25) is 0 Å². The lowest BCUT2D eigenvalue weighted by Gasteiger charge is -2.14. The molecule has 0 aliphatic carbocycles. The lowest BCUT2D eigenvalue weighted by molar-refractivity contribution is 0.311. The van der Waals surface area contributed by atoms with Gasteiger partial charge in [-0.15, -0.1) is 0 Å². The van der Waals surface area contributed by atoms with Crippen LogP contribution in [-0.4, -0.2) is 26.7 Å². The minimum atomic E-state index is 0.580. The fraction of sp³-hybridized carbons (Fsp3) is 0.263. The van der Waals surface area contributed by atoms with Crippen LogP contribution in [0.15, 0.2) is 47.5 Å². The molecule has 0 aromatic heterocycles. The zero-order valence-corrected chi connectivity index (χ0v) is 14.7. The van der Waals surface area contributed by atoms with Crippen LogP contribution in [0.1, 0.15) is 18.1 Å². The van der Waals surface area contributed by atoms with E-state index < -0.39 is 0 Å². The molecule has 130 valence electrons. The molecule has 6 nitrogen and oxygen atoms in total. The van der Waals surface area contributed by atoms with Crippen LogP contribution in [0.25, 0.3) is 0 Å². The predicted molar refractivity (Wildman–Crippen MR) is 99.1 cm³/mol. The van der Waals surface area contributed by atoms with E-state index >= 15 is 0 Å². The molecule has 0 saturated heterocycles. The van der Waals surface area contributed by atoms with Crippen LogP contribution in [0.5, 0.6) is 11.5 Å². The van der Waals surface area contributed by atoms with Gasteiger partial charge in [-0.3, -0.25) is 4.99 Å². The number of methoxy groups -OCH3 is 1. The van der Waals surface area contributed by atoms with Crippen LogP contribution in [0.2, 0.25) is 0 Å². The summed E-state index contributed by atoms with van der Waals surface area (Å²) >= 11 is 0. The van der Waals surface area contributed by atoms with Crippen molar-refractivity contribution in [3.8, 4) is 17.6 Å². The minimum Gasteiger partial charge on any atom is -0.493 e. The summed E-state index contributed by atoms with van der Waals surface area (Å²) in [7, 11) is 3.32. The fourth-order valence-corrected chi connectivity index (χ4v) is 2.22. The van der Waals surface area contributed by atoms with Crippen LogP contribution in [0, 0.1) is 11.3 Å². The van der Waals surface area contributed by atoms with Crippen molar-refractivity contribution in [1.29, 1.82) is 5.26 Å². The number of nitrogens with zero attached hydrogens (tertiary/aromatic N) is 2. The lowest BCUT2D eigenvalue weighted by Crippen LogP contribution is -2.30. The van der Waals surface area contributed by atoms with E-state index in [4.69, 9.17) is 14.7 Å². The number of ether oxygens (including phenoxy) is 2. The SMILES string of the molecule is CCOc1ccc(NC(=NC)NCc2ccc(C#N)cc2)cc1OC. The molecule has 2 aromatic carbocycles. The molecule has 0 radical (unpaired) electrons. The van der Waals surface area contributed by atoms with Crippen molar-refractivity contribution in [2.75, 3.05) is 26.1 Å². The number of anilines is 1. The Balaban J connectivity index is 2.00. The van der Waals surface area contributed by atoms with E-state index in [2.05, 4.69) is 21.7 Å². The van der Waals surface area contributed by atoms with Crippen LogP contribution >= 0.6 is 0 Å². The molecule has 6 heteroatoms. The largest absolute Gasteiger partial charge is 0.493 e. The molecule has 0 heterocycles. The van der Waals surface area contributed by atoms with Crippen molar-refractivity contribution in [3.63, 3.8) is 0 Å². The first-order valence-corrected chi connectivity index (χ1v) is 7.97. The summed E-state index contributed by atoms with van der Waals surface area (Å²) in [6.45, 7) is 3.11. The monoisotopic (exact) mass is 338 g/mol. The average Bonchev–Trinajstić information content (AvgIpc) is 2.66. The third-order valence-corrected chi connectivity index (χ3v) is 3.49. The fourth-order valence-electron chi connectivity index (χ4n) is 2.22. The average molecular weight is 338 g/mol. The molecule has 0 saturated carbocycles. The normalized spacial score (nSPS) is 10.7. The standard InChI is InChI=1S/C19H22N4O2/c1-4-25-17-10-9-16(11-18(17)24-3)23-19(21-2)22-13-15-7-5-14(12-20)6-8-15/h5-11H,4,13H2,1-3H3,(H2,21,22,23). The van der Waals surface area contributed by atoms with Gasteiger partial charge in [-0.2, -0.15) is 5.26 Å². The second-order valence-corrected chi connectivity index (χ2v) is 5.16. The van der Waals surface area contributed by atoms with Crippen LogP contribution in [-0.2, 0) is 6.54 Å². The number of benzene rings is 2. The highest BCUT2D eigenvalue weighted by molar-refractivity contribution is 5.93. The smallest absolute Gasteiger partial charge is 0.195 e. The first-order chi connectivity index (χ1) is 12.2. The quantitative estimate of drug-likeness (QED) is 0.625. The first kappa shape index (κ1) is 18.1. The van der Waals surface area contributed by atoms with E-state index in [0.29, 0.717) is 36.2 Å². The Morgan fingerprint density at radius 3 is 2.52 bits per heavy atom. The van der Waals surface area contributed by atoms with E-state index in [9.17, 15) is 0 Å². The molecule has 0 aliphatic heterocycles. The second-order valence-electron chi connectivity index (χ2n) is 5.16. The van der Waals surface area contributed by atoms with Crippen LogP contribution < -0.4 is 20.1 Å². The van der Waals surface area contributed by atoms with Crippen molar-refractivity contribution in [2.24, 2.45) is 4.99 Å². The summed E-state index contributed by atoms with van der Waals surface area (Å²) in [4.78, 5) is 4.22. The highest BCUT2D eigenvalue weighted by Gasteiger charge is 2.07. The molecule has 0 unspecified atom stereocenters. The first-order valence-electron chi connectivity index (χ1n) is 7.97. The van der Waals surface area contributed by atoms with E-state index in [1.165, 1.54) is 0 Å². The Morgan fingerprint density at radius 2 is 1.92 bits per heavy atom. The summed E-state index contributed by atoms with van der Waals surface area (Å²) in [5.74, 6) is 2.00. The number of nitriles is 1. The van der Waals surface area contributed by atoms with Gasteiger partial charge in [0.25, 0.3) is 0 Å². The zero-order chi connectivity index (χ0) is 18.1. The third kappa shape index (κ3) is 5.15. The summed E-state index contributed by atoms with van der Waals surface area (Å²) < 4.78 is 10.9. The topological polar surface area (TPSA) is 78.7 Å². The molecule has 2 rings (SSSR count). The van der Waals surface area contributed by atoms with Crippen molar-refractivity contribution >= 4 is 11.6 Å². The summed E-state index contributed by atoms with van der Waals surface area (Å²) in [5, 5.41) is 15.3. The predicted octanol–water partition coefficient (Wildman–Crippen LogP) is 3.15. The van der Waals surface area contributed by atoms with Crippen LogP contribution in [0.4, 0.5) is 5.69 Å². The third-order valence-electron chi connectivity index (χ3n) is 3.49. The molecule has 25 heavy (non-hydrogen) atoms. The summed E-state index contributed by atoms with van der Waals surface area (Å²) in [6.07, 6.45) is 0. The van der Waals surface area contributed by atoms with Crippen molar-refractivity contribution < 1.29 is 9.47 Å². The lowest BCUT2D eigenvalue weighted by atomic mass is 10.1. The van der Waals surface area contributed by atoms with Gasteiger partial charge in [0.15, 0.2) is 17.5 Å². The molecule has 0 bridgehead atoms. The van der Waals surface area contributed by atoms with Gasteiger partial charge in [-0.25, -0.2) is 0 Å². The number of guanidine groups is 1. The molecular weight excluding hydrogens is 316 g/mol. The molecule has 0 fully saturated rings.